The SMILES string of the molecule is C=CC.CCC1CCC(NC(=O)c2ccc3[nH]c4ccc(Cl)cc4c3c2)C1. The Balaban J connectivity index is 0.000000659. The highest BCUT2D eigenvalue weighted by molar-refractivity contribution is 6.31. The van der Waals surface area contributed by atoms with E-state index in [4.69, 9.17) is 11.6 Å². The molecule has 142 valence electrons. The molecule has 3 nitrogen and oxygen atoms in total. The average Bonchev–Trinajstić information content (AvgIpc) is 3.25. The summed E-state index contributed by atoms with van der Waals surface area (Å²) in [5, 5.41) is 6.00. The molecule has 0 spiro atoms. The van der Waals surface area contributed by atoms with Gasteiger partial charge in [-0.05, 0) is 68.5 Å². The van der Waals surface area contributed by atoms with E-state index in [1.165, 1.54) is 12.8 Å². The van der Waals surface area contributed by atoms with Gasteiger partial charge in [0.1, 0.15) is 0 Å². The lowest BCUT2D eigenvalue weighted by molar-refractivity contribution is 0.0937. The zero-order valence-corrected chi connectivity index (χ0v) is 16.8. The predicted octanol–water partition coefficient (Wildman–Crippen LogP) is 6.48. The number of allylic oxidation sites excluding steroid dienone is 1. The standard InChI is InChI=1S/C20H21ClN2O.C3H6/c1-2-12-3-6-15(9-12)22-20(24)13-4-7-18-16(10-13)17-11-14(21)5-8-19(17)23-18;1-3-2/h4-5,7-8,10-12,15,23H,2-3,6,9H2,1H3,(H,22,24);3H,1H2,2H3. The Morgan fingerprint density at radius 1 is 1.22 bits per heavy atom. The van der Waals surface area contributed by atoms with E-state index in [0.717, 1.165) is 40.6 Å². The number of fused-ring (bicyclic) bond motifs is 3. The monoisotopic (exact) mass is 382 g/mol. The number of benzene rings is 2. The highest BCUT2D eigenvalue weighted by Crippen LogP contribution is 2.30. The normalized spacial score (nSPS) is 18.9. The quantitative estimate of drug-likeness (QED) is 0.500. The Kier molecular flexibility index (Phi) is 6.22. The van der Waals surface area contributed by atoms with Crippen LogP contribution in [0.15, 0.2) is 49.1 Å². The van der Waals surface area contributed by atoms with E-state index in [2.05, 4.69) is 23.8 Å². The molecule has 3 aromatic rings. The molecule has 2 unspecified atom stereocenters. The molecule has 0 aliphatic heterocycles. The van der Waals surface area contributed by atoms with Gasteiger partial charge in [0.15, 0.2) is 0 Å². The van der Waals surface area contributed by atoms with Gasteiger partial charge < -0.3 is 10.3 Å². The maximum absolute atomic E-state index is 12.6. The number of halogens is 1. The molecule has 1 fully saturated rings. The largest absolute Gasteiger partial charge is 0.355 e. The first-order valence-corrected chi connectivity index (χ1v) is 10.0. The molecule has 1 aliphatic rings. The maximum atomic E-state index is 12.6. The van der Waals surface area contributed by atoms with Gasteiger partial charge in [-0.15, -0.1) is 6.58 Å². The minimum absolute atomic E-state index is 0.0232. The molecule has 2 N–H and O–H groups in total. The lowest BCUT2D eigenvalue weighted by Gasteiger charge is -2.13. The smallest absolute Gasteiger partial charge is 0.251 e. The number of amides is 1. The fourth-order valence-electron chi connectivity index (χ4n) is 3.86. The summed E-state index contributed by atoms with van der Waals surface area (Å²) in [7, 11) is 0. The Bertz CT molecular complexity index is 960. The summed E-state index contributed by atoms with van der Waals surface area (Å²) in [4.78, 5) is 16.0. The second kappa shape index (κ2) is 8.62. The van der Waals surface area contributed by atoms with E-state index in [-0.39, 0.29) is 5.91 Å². The summed E-state index contributed by atoms with van der Waals surface area (Å²) in [5.74, 6) is 0.781. The van der Waals surface area contributed by atoms with Crippen LogP contribution in [0.4, 0.5) is 0 Å². The van der Waals surface area contributed by atoms with Crippen molar-refractivity contribution in [2.45, 2.75) is 45.6 Å². The molecule has 1 saturated carbocycles. The zero-order valence-electron chi connectivity index (χ0n) is 16.0. The van der Waals surface area contributed by atoms with E-state index in [1.807, 2.05) is 43.3 Å². The van der Waals surface area contributed by atoms with Crippen molar-refractivity contribution in [3.63, 3.8) is 0 Å². The molecule has 27 heavy (non-hydrogen) atoms. The summed E-state index contributed by atoms with van der Waals surface area (Å²) >= 11 is 6.13. The molecule has 0 saturated heterocycles. The number of hydrogen-bond donors (Lipinski definition) is 2. The maximum Gasteiger partial charge on any atom is 0.251 e. The Hall–Kier alpha value is -2.26. The van der Waals surface area contributed by atoms with Crippen LogP contribution < -0.4 is 5.32 Å². The summed E-state index contributed by atoms with van der Waals surface area (Å²) in [6.07, 6.45) is 6.37. The Labute approximate surface area is 165 Å². The fraction of sp³-hybridized carbons (Fsp3) is 0.348. The molecule has 0 bridgehead atoms. The van der Waals surface area contributed by atoms with E-state index in [9.17, 15) is 4.79 Å². The van der Waals surface area contributed by atoms with Crippen LogP contribution in [-0.4, -0.2) is 16.9 Å². The van der Waals surface area contributed by atoms with Gasteiger partial charge in [0.2, 0.25) is 0 Å². The van der Waals surface area contributed by atoms with Gasteiger partial charge in [-0.1, -0.05) is 31.0 Å². The molecule has 4 rings (SSSR count). The van der Waals surface area contributed by atoms with E-state index < -0.39 is 0 Å². The number of H-pyrrole nitrogens is 1. The topological polar surface area (TPSA) is 44.9 Å². The van der Waals surface area contributed by atoms with Crippen molar-refractivity contribution >= 4 is 39.3 Å². The molecule has 2 atom stereocenters. The van der Waals surface area contributed by atoms with Gasteiger partial charge >= 0.3 is 0 Å². The minimum atomic E-state index is 0.0232. The van der Waals surface area contributed by atoms with Gasteiger partial charge in [-0.3, -0.25) is 4.79 Å². The van der Waals surface area contributed by atoms with Crippen LogP contribution in [-0.2, 0) is 0 Å². The second-order valence-electron chi connectivity index (χ2n) is 7.24. The molecule has 0 radical (unpaired) electrons. The second-order valence-corrected chi connectivity index (χ2v) is 7.68. The van der Waals surface area contributed by atoms with E-state index >= 15 is 0 Å². The van der Waals surface area contributed by atoms with Crippen LogP contribution in [0.25, 0.3) is 21.8 Å². The van der Waals surface area contributed by atoms with Crippen molar-refractivity contribution in [2.24, 2.45) is 5.92 Å². The van der Waals surface area contributed by atoms with Crippen molar-refractivity contribution in [1.29, 1.82) is 0 Å². The molecule has 4 heteroatoms. The van der Waals surface area contributed by atoms with Gasteiger partial charge in [0, 0.05) is 38.4 Å². The zero-order chi connectivity index (χ0) is 19.4. The third kappa shape index (κ3) is 4.36. The number of hydrogen-bond acceptors (Lipinski definition) is 1. The van der Waals surface area contributed by atoms with Crippen molar-refractivity contribution in [1.82, 2.24) is 10.3 Å². The summed E-state index contributed by atoms with van der Waals surface area (Å²) in [6, 6.07) is 11.9. The highest BCUT2D eigenvalue weighted by Gasteiger charge is 2.25. The predicted molar refractivity (Wildman–Crippen MR) is 116 cm³/mol. The summed E-state index contributed by atoms with van der Waals surface area (Å²) in [6.45, 7) is 7.48. The lowest BCUT2D eigenvalue weighted by Crippen LogP contribution is -2.32. The van der Waals surface area contributed by atoms with Gasteiger partial charge in [-0.25, -0.2) is 0 Å². The third-order valence-corrected chi connectivity index (χ3v) is 5.51. The molecule has 1 aliphatic carbocycles. The van der Waals surface area contributed by atoms with Crippen molar-refractivity contribution in [3.8, 4) is 0 Å². The number of carbonyl (C=O) groups is 1. The number of aromatic nitrogens is 1. The van der Waals surface area contributed by atoms with Gasteiger partial charge in [0.25, 0.3) is 5.91 Å². The number of nitrogens with one attached hydrogen (secondary N) is 2. The minimum Gasteiger partial charge on any atom is -0.355 e. The molecule has 1 heterocycles. The number of aromatic amines is 1. The van der Waals surface area contributed by atoms with Gasteiger partial charge in [0.05, 0.1) is 0 Å². The first-order chi connectivity index (χ1) is 13.0. The Morgan fingerprint density at radius 3 is 2.56 bits per heavy atom. The number of rotatable bonds is 3. The molecule has 2 aromatic carbocycles. The lowest BCUT2D eigenvalue weighted by atomic mass is 10.1. The van der Waals surface area contributed by atoms with Crippen LogP contribution in [0.5, 0.6) is 0 Å². The highest BCUT2D eigenvalue weighted by atomic mass is 35.5. The van der Waals surface area contributed by atoms with Crippen molar-refractivity contribution < 1.29 is 4.79 Å². The average molecular weight is 383 g/mol. The number of carbonyl (C=O) groups excluding carboxylic acids is 1. The van der Waals surface area contributed by atoms with Crippen molar-refractivity contribution in [3.05, 3.63) is 59.6 Å². The van der Waals surface area contributed by atoms with Crippen LogP contribution >= 0.6 is 11.6 Å². The Morgan fingerprint density at radius 2 is 1.89 bits per heavy atom. The molecular formula is C23H27ClN2O. The first kappa shape index (κ1) is 19.5. The summed E-state index contributed by atoms with van der Waals surface area (Å²) < 4.78 is 0. The molecule has 1 aromatic heterocycles. The van der Waals surface area contributed by atoms with Crippen LogP contribution in [0.3, 0.4) is 0 Å². The van der Waals surface area contributed by atoms with E-state index in [1.54, 1.807) is 6.08 Å². The molecular weight excluding hydrogens is 356 g/mol. The van der Waals surface area contributed by atoms with Crippen molar-refractivity contribution in [2.75, 3.05) is 0 Å². The summed E-state index contributed by atoms with van der Waals surface area (Å²) in [5.41, 5.74) is 2.77. The van der Waals surface area contributed by atoms with Crippen LogP contribution in [0.2, 0.25) is 5.02 Å². The third-order valence-electron chi connectivity index (χ3n) is 5.28. The van der Waals surface area contributed by atoms with Crippen LogP contribution in [0.1, 0.15) is 49.9 Å². The van der Waals surface area contributed by atoms with Gasteiger partial charge in [-0.2, -0.15) is 0 Å². The van der Waals surface area contributed by atoms with E-state index in [0.29, 0.717) is 16.6 Å². The van der Waals surface area contributed by atoms with Crippen LogP contribution in [0, 0.1) is 5.92 Å². The first-order valence-electron chi connectivity index (χ1n) is 9.64. The fourth-order valence-corrected chi connectivity index (χ4v) is 4.03. The molecule has 1 amide bonds.